The highest BCUT2D eigenvalue weighted by molar-refractivity contribution is 9.10. The first-order valence-corrected chi connectivity index (χ1v) is 13.6. The van der Waals surface area contributed by atoms with Gasteiger partial charge in [0.25, 0.3) is 0 Å². The zero-order chi connectivity index (χ0) is 27.8. The van der Waals surface area contributed by atoms with Gasteiger partial charge in [-0.05, 0) is 64.7 Å². The molecule has 0 aliphatic carbocycles. The highest BCUT2D eigenvalue weighted by Crippen LogP contribution is 2.27. The smallest absolute Gasteiger partial charge is 0.326 e. The van der Waals surface area contributed by atoms with Crippen molar-refractivity contribution in [1.82, 2.24) is 10.3 Å². The second kappa shape index (κ2) is 13.2. The number of amides is 1. The number of oxazole rings is 1. The molecule has 202 valence electrons. The van der Waals surface area contributed by atoms with Gasteiger partial charge in [-0.1, -0.05) is 61.5 Å². The first-order valence-electron chi connectivity index (χ1n) is 12.8. The summed E-state index contributed by atoms with van der Waals surface area (Å²) in [6, 6.07) is 23.8. The summed E-state index contributed by atoms with van der Waals surface area (Å²) in [5.41, 5.74) is 3.55. The highest BCUT2D eigenvalue weighted by Gasteiger charge is 2.24. The fourth-order valence-electron chi connectivity index (χ4n) is 4.22. The van der Waals surface area contributed by atoms with Crippen molar-refractivity contribution >= 4 is 27.8 Å². The van der Waals surface area contributed by atoms with Crippen molar-refractivity contribution < 1.29 is 23.8 Å². The largest absolute Gasteiger partial charge is 0.492 e. The van der Waals surface area contributed by atoms with E-state index in [1.807, 2.05) is 79.7 Å². The SMILES string of the molecule is Cc1oc(-c2ccccc2)nc1CCOc1ccc(C[C@H](NC(=O)C(C)Cc2ccccc2)C(=O)O)cc1Br. The Morgan fingerprint density at radius 1 is 1.00 bits per heavy atom. The Kier molecular flexibility index (Phi) is 9.54. The number of halogens is 1. The molecular weight excluding hydrogens is 560 g/mol. The second-order valence-electron chi connectivity index (χ2n) is 9.45. The molecule has 2 atom stereocenters. The molecule has 0 saturated carbocycles. The van der Waals surface area contributed by atoms with Gasteiger partial charge in [0.05, 0.1) is 16.8 Å². The van der Waals surface area contributed by atoms with Crippen LogP contribution >= 0.6 is 15.9 Å². The number of carboxylic acids is 1. The molecule has 0 spiro atoms. The number of carbonyl (C=O) groups excluding carboxylic acids is 1. The molecule has 0 radical (unpaired) electrons. The van der Waals surface area contributed by atoms with Crippen LogP contribution in [0.1, 0.15) is 29.5 Å². The molecule has 1 heterocycles. The maximum atomic E-state index is 12.7. The Bertz CT molecular complexity index is 1410. The van der Waals surface area contributed by atoms with Crippen molar-refractivity contribution in [2.24, 2.45) is 5.92 Å². The number of aryl methyl sites for hydroxylation is 1. The van der Waals surface area contributed by atoms with E-state index in [1.165, 1.54) is 0 Å². The number of aliphatic carboxylic acids is 1. The standard InChI is InChI=1S/C31H31BrN2O5/c1-20(17-22-9-5-3-6-10-22)29(35)33-27(31(36)37)19-23-13-14-28(25(32)18-23)38-16-15-26-21(2)39-30(34-26)24-11-7-4-8-12-24/h3-14,18,20,27H,15-17,19H2,1-2H3,(H,33,35)(H,36,37)/t20?,27-/m0/s1. The van der Waals surface area contributed by atoms with Gasteiger partial charge < -0.3 is 19.6 Å². The molecule has 0 aliphatic heterocycles. The summed E-state index contributed by atoms with van der Waals surface area (Å²) in [4.78, 5) is 29.2. The maximum Gasteiger partial charge on any atom is 0.326 e. The monoisotopic (exact) mass is 590 g/mol. The Labute approximate surface area is 236 Å². The molecule has 2 N–H and O–H groups in total. The zero-order valence-corrected chi connectivity index (χ0v) is 23.5. The average molecular weight is 592 g/mol. The van der Waals surface area contributed by atoms with Crippen molar-refractivity contribution in [3.8, 4) is 17.2 Å². The lowest BCUT2D eigenvalue weighted by Crippen LogP contribution is -2.44. The second-order valence-corrected chi connectivity index (χ2v) is 10.3. The van der Waals surface area contributed by atoms with E-state index in [1.54, 1.807) is 13.0 Å². The fraction of sp³-hybridized carbons (Fsp3) is 0.258. The summed E-state index contributed by atoms with van der Waals surface area (Å²) < 4.78 is 12.5. The fourth-order valence-corrected chi connectivity index (χ4v) is 4.76. The van der Waals surface area contributed by atoms with Gasteiger partial charge in [-0.3, -0.25) is 4.79 Å². The number of hydrogen-bond donors (Lipinski definition) is 2. The van der Waals surface area contributed by atoms with Crippen LogP contribution in [0.5, 0.6) is 5.75 Å². The summed E-state index contributed by atoms with van der Waals surface area (Å²) in [7, 11) is 0. The quantitative estimate of drug-likeness (QED) is 0.209. The molecule has 0 fully saturated rings. The minimum absolute atomic E-state index is 0.151. The molecule has 1 amide bonds. The van der Waals surface area contributed by atoms with Gasteiger partial charge in [-0.15, -0.1) is 0 Å². The van der Waals surface area contributed by atoms with E-state index in [0.29, 0.717) is 35.6 Å². The Morgan fingerprint density at radius 2 is 1.69 bits per heavy atom. The molecule has 8 heteroatoms. The number of carboxylic acid groups (broad SMARTS) is 1. The summed E-state index contributed by atoms with van der Waals surface area (Å²) >= 11 is 3.53. The number of carbonyl (C=O) groups is 2. The van der Waals surface area contributed by atoms with Gasteiger partial charge >= 0.3 is 5.97 Å². The molecule has 4 rings (SSSR count). The lowest BCUT2D eigenvalue weighted by Gasteiger charge is -2.18. The predicted octanol–water partition coefficient (Wildman–Crippen LogP) is 6.02. The van der Waals surface area contributed by atoms with E-state index in [4.69, 9.17) is 9.15 Å². The lowest BCUT2D eigenvalue weighted by atomic mass is 9.99. The zero-order valence-electron chi connectivity index (χ0n) is 21.9. The third-order valence-corrected chi connectivity index (χ3v) is 7.01. The van der Waals surface area contributed by atoms with Gasteiger partial charge in [0.15, 0.2) is 0 Å². The third kappa shape index (κ3) is 7.80. The number of ether oxygens (including phenoxy) is 1. The van der Waals surface area contributed by atoms with Crippen molar-refractivity contribution in [2.45, 2.75) is 39.2 Å². The molecule has 0 saturated heterocycles. The number of benzene rings is 3. The van der Waals surface area contributed by atoms with Crippen LogP contribution in [0.2, 0.25) is 0 Å². The molecule has 0 bridgehead atoms. The van der Waals surface area contributed by atoms with Crippen molar-refractivity contribution in [2.75, 3.05) is 6.61 Å². The summed E-state index contributed by atoms with van der Waals surface area (Å²) in [5.74, 6) is 0.257. The van der Waals surface area contributed by atoms with Crippen molar-refractivity contribution in [3.63, 3.8) is 0 Å². The lowest BCUT2D eigenvalue weighted by molar-refractivity contribution is -0.142. The molecule has 4 aromatic rings. The number of hydrogen-bond acceptors (Lipinski definition) is 5. The van der Waals surface area contributed by atoms with E-state index in [2.05, 4.69) is 26.2 Å². The third-order valence-electron chi connectivity index (χ3n) is 6.39. The maximum absolute atomic E-state index is 12.7. The van der Waals surface area contributed by atoms with Crippen molar-refractivity contribution in [1.29, 1.82) is 0 Å². The Morgan fingerprint density at radius 3 is 2.36 bits per heavy atom. The molecule has 7 nitrogen and oxygen atoms in total. The van der Waals surface area contributed by atoms with E-state index >= 15 is 0 Å². The summed E-state index contributed by atoms with van der Waals surface area (Å²) in [6.45, 7) is 4.08. The molecule has 3 aromatic carbocycles. The first-order chi connectivity index (χ1) is 18.8. The molecule has 1 aromatic heterocycles. The van der Waals surface area contributed by atoms with E-state index in [9.17, 15) is 14.7 Å². The Hall–Kier alpha value is -3.91. The van der Waals surface area contributed by atoms with Crippen LogP contribution in [-0.2, 0) is 28.9 Å². The van der Waals surface area contributed by atoms with Crippen LogP contribution in [0, 0.1) is 12.8 Å². The van der Waals surface area contributed by atoms with Gasteiger partial charge in [0, 0.05) is 24.3 Å². The van der Waals surface area contributed by atoms with Crippen molar-refractivity contribution in [3.05, 3.63) is 106 Å². The van der Waals surface area contributed by atoms with E-state index < -0.39 is 12.0 Å². The minimum atomic E-state index is -1.08. The number of nitrogens with one attached hydrogen (secondary N) is 1. The van der Waals surface area contributed by atoms with Crippen LogP contribution in [0.15, 0.2) is 87.8 Å². The van der Waals surface area contributed by atoms with E-state index in [0.717, 1.165) is 28.1 Å². The molecule has 39 heavy (non-hydrogen) atoms. The first kappa shape index (κ1) is 28.1. The normalized spacial score (nSPS) is 12.5. The topological polar surface area (TPSA) is 102 Å². The van der Waals surface area contributed by atoms with E-state index in [-0.39, 0.29) is 18.2 Å². The number of nitrogens with zero attached hydrogens (tertiary/aromatic N) is 1. The minimum Gasteiger partial charge on any atom is -0.492 e. The van der Waals surface area contributed by atoms with Gasteiger partial charge in [0.2, 0.25) is 11.8 Å². The molecule has 1 unspecified atom stereocenters. The summed E-state index contributed by atoms with van der Waals surface area (Å²) in [6.07, 6.45) is 1.26. The molecule has 0 aliphatic rings. The highest BCUT2D eigenvalue weighted by atomic mass is 79.9. The van der Waals surface area contributed by atoms with Crippen LogP contribution in [0.25, 0.3) is 11.5 Å². The number of rotatable bonds is 12. The average Bonchev–Trinajstić information content (AvgIpc) is 3.30. The van der Waals surface area contributed by atoms with Gasteiger partial charge in [0.1, 0.15) is 17.6 Å². The number of aromatic nitrogens is 1. The predicted molar refractivity (Wildman–Crippen MR) is 153 cm³/mol. The molecular formula is C31H31BrN2O5. The van der Waals surface area contributed by atoms with Crippen LogP contribution < -0.4 is 10.1 Å². The van der Waals surface area contributed by atoms with Gasteiger partial charge in [-0.25, -0.2) is 9.78 Å². The van der Waals surface area contributed by atoms with Crippen LogP contribution in [-0.4, -0.2) is 34.6 Å². The van der Waals surface area contributed by atoms with Gasteiger partial charge in [-0.2, -0.15) is 0 Å². The summed E-state index contributed by atoms with van der Waals surface area (Å²) in [5, 5.41) is 12.4. The van der Waals surface area contributed by atoms with Crippen LogP contribution in [0.4, 0.5) is 0 Å². The Balaban J connectivity index is 1.31. The van der Waals surface area contributed by atoms with Crippen LogP contribution in [0.3, 0.4) is 0 Å².